The minimum atomic E-state index is -0.0105. The van der Waals surface area contributed by atoms with Gasteiger partial charge in [-0.25, -0.2) is 4.98 Å². The van der Waals surface area contributed by atoms with E-state index in [1.807, 2.05) is 12.1 Å². The summed E-state index contributed by atoms with van der Waals surface area (Å²) >= 11 is 0. The van der Waals surface area contributed by atoms with Crippen molar-refractivity contribution in [1.29, 1.82) is 0 Å². The molecule has 0 atom stereocenters. The fourth-order valence-electron chi connectivity index (χ4n) is 0.713. The zero-order valence-corrected chi connectivity index (χ0v) is 10.0. The van der Waals surface area contributed by atoms with E-state index in [-0.39, 0.29) is 5.91 Å². The summed E-state index contributed by atoms with van der Waals surface area (Å²) in [6.07, 6.45) is 4.30. The predicted octanol–water partition coefficient (Wildman–Crippen LogP) is 2.87. The summed E-state index contributed by atoms with van der Waals surface area (Å²) in [6.45, 7) is 5.87. The lowest BCUT2D eigenvalue weighted by Gasteiger charge is -2.12. The van der Waals surface area contributed by atoms with Gasteiger partial charge in [-0.1, -0.05) is 32.8 Å². The van der Waals surface area contributed by atoms with Gasteiger partial charge in [-0.15, -0.1) is 0 Å². The highest BCUT2D eigenvalue weighted by molar-refractivity contribution is 5.89. The number of nitrogens with zero attached hydrogens (tertiary/aromatic N) is 2. The van der Waals surface area contributed by atoms with Gasteiger partial charge in [0.05, 0.1) is 0 Å². The fraction of sp³-hybridized carbons (Fsp3) is 0.500. The van der Waals surface area contributed by atoms with E-state index < -0.39 is 0 Å². The number of anilines is 1. The summed E-state index contributed by atoms with van der Waals surface area (Å²) in [7, 11) is 1.70. The van der Waals surface area contributed by atoms with Crippen molar-refractivity contribution in [3.05, 3.63) is 24.4 Å². The Morgan fingerprint density at radius 1 is 1.33 bits per heavy atom. The van der Waals surface area contributed by atoms with E-state index in [4.69, 9.17) is 0 Å². The number of hydrogen-bond donors (Lipinski definition) is 0. The molecule has 0 saturated heterocycles. The van der Waals surface area contributed by atoms with Crippen LogP contribution in [0.2, 0.25) is 0 Å². The van der Waals surface area contributed by atoms with E-state index in [1.165, 1.54) is 24.7 Å². The van der Waals surface area contributed by atoms with Crippen molar-refractivity contribution in [2.24, 2.45) is 0 Å². The molecule has 0 bridgehead atoms. The van der Waals surface area contributed by atoms with Crippen LogP contribution < -0.4 is 4.90 Å². The Kier molecular flexibility index (Phi) is 7.24. The minimum absolute atomic E-state index is 0.0105. The van der Waals surface area contributed by atoms with Gasteiger partial charge in [0.25, 0.3) is 0 Å². The lowest BCUT2D eigenvalue weighted by molar-refractivity contribution is -0.116. The van der Waals surface area contributed by atoms with E-state index in [9.17, 15) is 4.79 Å². The zero-order chi connectivity index (χ0) is 11.7. The Morgan fingerprint density at radius 2 is 1.93 bits per heavy atom. The fourth-order valence-corrected chi connectivity index (χ4v) is 0.713. The maximum atomic E-state index is 10.8. The zero-order valence-electron chi connectivity index (χ0n) is 10.0. The molecule has 0 N–H and O–H groups in total. The average molecular weight is 208 g/mol. The van der Waals surface area contributed by atoms with Crippen LogP contribution in [0.3, 0.4) is 0 Å². The Balaban J connectivity index is 0.000000423. The molecule has 0 radical (unpaired) electrons. The van der Waals surface area contributed by atoms with E-state index in [0.717, 1.165) is 0 Å². The molecule has 0 saturated carbocycles. The maximum Gasteiger partial charge on any atom is 0.224 e. The molecule has 0 aromatic carbocycles. The molecule has 1 heterocycles. The highest BCUT2D eigenvalue weighted by Crippen LogP contribution is 2.05. The molecule has 84 valence electrons. The number of carbonyl (C=O) groups excluding carboxylic acids is 1. The van der Waals surface area contributed by atoms with Crippen LogP contribution in [-0.2, 0) is 4.79 Å². The molecule has 1 aromatic rings. The van der Waals surface area contributed by atoms with Gasteiger partial charge in [-0.05, 0) is 12.1 Å². The topological polar surface area (TPSA) is 33.2 Å². The molecular formula is C12H20N2O. The Morgan fingerprint density at radius 3 is 2.27 bits per heavy atom. The van der Waals surface area contributed by atoms with Gasteiger partial charge < -0.3 is 4.90 Å². The highest BCUT2D eigenvalue weighted by atomic mass is 16.2. The van der Waals surface area contributed by atoms with Crippen LogP contribution >= 0.6 is 0 Å². The largest absolute Gasteiger partial charge is 0.300 e. The number of carbonyl (C=O) groups is 1. The lowest BCUT2D eigenvalue weighted by Crippen LogP contribution is -2.23. The van der Waals surface area contributed by atoms with Crippen molar-refractivity contribution in [3.63, 3.8) is 0 Å². The quantitative estimate of drug-likeness (QED) is 0.748. The molecule has 0 unspecified atom stereocenters. The highest BCUT2D eigenvalue weighted by Gasteiger charge is 2.03. The summed E-state index contributed by atoms with van der Waals surface area (Å²) in [6, 6.07) is 5.46. The lowest BCUT2D eigenvalue weighted by atomic mass is 10.4. The number of aromatic nitrogens is 1. The number of amides is 1. The van der Waals surface area contributed by atoms with E-state index in [0.29, 0.717) is 5.82 Å². The minimum Gasteiger partial charge on any atom is -0.300 e. The third-order valence-corrected chi connectivity index (χ3v) is 1.97. The first kappa shape index (κ1) is 13.6. The van der Waals surface area contributed by atoms with Gasteiger partial charge in [0.2, 0.25) is 5.91 Å². The smallest absolute Gasteiger partial charge is 0.224 e. The number of unbranched alkanes of at least 4 members (excludes halogenated alkanes) is 1. The molecule has 3 heteroatoms. The number of pyridine rings is 1. The third-order valence-electron chi connectivity index (χ3n) is 1.97. The van der Waals surface area contributed by atoms with Gasteiger partial charge >= 0.3 is 0 Å². The maximum absolute atomic E-state index is 10.8. The first-order valence-corrected chi connectivity index (χ1v) is 5.28. The van der Waals surface area contributed by atoms with Crippen molar-refractivity contribution in [2.75, 3.05) is 11.9 Å². The molecular weight excluding hydrogens is 188 g/mol. The molecule has 15 heavy (non-hydrogen) atoms. The second kappa shape index (κ2) is 7.97. The van der Waals surface area contributed by atoms with E-state index >= 15 is 0 Å². The Bertz CT molecular complexity index is 270. The third kappa shape index (κ3) is 5.83. The van der Waals surface area contributed by atoms with Gasteiger partial charge in [-0.3, -0.25) is 4.79 Å². The summed E-state index contributed by atoms with van der Waals surface area (Å²) in [5.74, 6) is 0.670. The Hall–Kier alpha value is -1.38. The average Bonchev–Trinajstić information content (AvgIpc) is 2.29. The van der Waals surface area contributed by atoms with Crippen molar-refractivity contribution in [1.82, 2.24) is 4.98 Å². The van der Waals surface area contributed by atoms with Gasteiger partial charge in [0.1, 0.15) is 5.82 Å². The molecule has 0 fully saturated rings. The second-order valence-corrected chi connectivity index (χ2v) is 3.27. The van der Waals surface area contributed by atoms with Crippen LogP contribution in [0.25, 0.3) is 0 Å². The summed E-state index contributed by atoms with van der Waals surface area (Å²) in [5.41, 5.74) is 0. The van der Waals surface area contributed by atoms with Crippen LogP contribution in [0, 0.1) is 0 Å². The number of hydrogen-bond acceptors (Lipinski definition) is 2. The van der Waals surface area contributed by atoms with E-state index in [1.54, 1.807) is 19.3 Å². The first-order chi connectivity index (χ1) is 7.13. The molecule has 0 spiro atoms. The van der Waals surface area contributed by atoms with Crippen LogP contribution in [-0.4, -0.2) is 17.9 Å². The molecule has 0 aliphatic rings. The van der Waals surface area contributed by atoms with Crippen molar-refractivity contribution in [2.45, 2.75) is 33.6 Å². The van der Waals surface area contributed by atoms with Crippen molar-refractivity contribution in [3.8, 4) is 0 Å². The van der Waals surface area contributed by atoms with Crippen LogP contribution in [0.5, 0.6) is 0 Å². The Labute approximate surface area is 92.1 Å². The summed E-state index contributed by atoms with van der Waals surface area (Å²) < 4.78 is 0. The predicted molar refractivity (Wildman–Crippen MR) is 63.9 cm³/mol. The standard InChI is InChI=1S/C8H10N2O.C4H10/c1-7(11)10(2)8-5-3-4-6-9-8;1-3-4-2/h3-6H,1-2H3;3-4H2,1-2H3. The summed E-state index contributed by atoms with van der Waals surface area (Å²) in [5, 5.41) is 0. The van der Waals surface area contributed by atoms with Crippen LogP contribution in [0.15, 0.2) is 24.4 Å². The first-order valence-electron chi connectivity index (χ1n) is 5.28. The van der Waals surface area contributed by atoms with Gasteiger partial charge in [0.15, 0.2) is 0 Å². The van der Waals surface area contributed by atoms with Gasteiger partial charge in [0, 0.05) is 20.2 Å². The van der Waals surface area contributed by atoms with Crippen molar-refractivity contribution >= 4 is 11.7 Å². The molecule has 0 aliphatic carbocycles. The molecule has 3 nitrogen and oxygen atoms in total. The SMILES string of the molecule is CC(=O)N(C)c1ccccn1.CCCC. The second-order valence-electron chi connectivity index (χ2n) is 3.27. The number of rotatable bonds is 2. The molecule has 0 aliphatic heterocycles. The van der Waals surface area contributed by atoms with Crippen molar-refractivity contribution < 1.29 is 4.79 Å². The monoisotopic (exact) mass is 208 g/mol. The van der Waals surface area contributed by atoms with E-state index in [2.05, 4.69) is 18.8 Å². The van der Waals surface area contributed by atoms with Gasteiger partial charge in [-0.2, -0.15) is 0 Å². The molecule has 1 rings (SSSR count). The summed E-state index contributed by atoms with van der Waals surface area (Å²) in [4.78, 5) is 16.3. The molecule has 1 aromatic heterocycles. The van der Waals surface area contributed by atoms with Crippen LogP contribution in [0.4, 0.5) is 5.82 Å². The molecule has 1 amide bonds. The normalized spacial score (nSPS) is 8.80. The van der Waals surface area contributed by atoms with Crippen LogP contribution in [0.1, 0.15) is 33.6 Å².